The zero-order valence-electron chi connectivity index (χ0n) is 12.7. The van der Waals surface area contributed by atoms with Crippen molar-refractivity contribution >= 4 is 15.5 Å². The second-order valence-corrected chi connectivity index (χ2v) is 7.31. The van der Waals surface area contributed by atoms with Crippen LogP contribution < -0.4 is 5.69 Å². The maximum absolute atomic E-state index is 12.8. The Morgan fingerprint density at radius 2 is 1.96 bits per heavy atom. The first-order chi connectivity index (χ1) is 11.6. The lowest BCUT2D eigenvalue weighted by Crippen LogP contribution is -2.23. The Kier molecular flexibility index (Phi) is 3.90. The largest absolute Gasteiger partial charge is 0.416 e. The number of pyridine rings is 2. The van der Waals surface area contributed by atoms with Crippen molar-refractivity contribution in [2.24, 2.45) is 0 Å². The topological polar surface area (TPSA) is 86.3 Å². The quantitative estimate of drug-likeness (QED) is 0.698. The summed E-state index contributed by atoms with van der Waals surface area (Å²) in [7, 11) is -3.71. The summed E-state index contributed by atoms with van der Waals surface area (Å²) in [5.74, 6) is -0.488. The molecule has 3 aromatic heterocycles. The lowest BCUT2D eigenvalue weighted by molar-refractivity contribution is -0.137. The van der Waals surface area contributed by atoms with Crippen LogP contribution in [0.5, 0.6) is 0 Å². The maximum atomic E-state index is 12.8. The number of fused-ring (bicyclic) bond motifs is 1. The van der Waals surface area contributed by atoms with Crippen molar-refractivity contribution in [2.75, 3.05) is 5.75 Å². The molecule has 3 rings (SSSR count). The predicted molar refractivity (Wildman–Crippen MR) is 81.3 cm³/mol. The number of aromatic nitrogens is 4. The second-order valence-electron chi connectivity index (χ2n) is 5.06. The minimum atomic E-state index is -4.59. The van der Waals surface area contributed by atoms with Crippen molar-refractivity contribution in [1.29, 1.82) is 0 Å². The Morgan fingerprint density at radius 3 is 2.60 bits per heavy atom. The highest BCUT2D eigenvalue weighted by molar-refractivity contribution is 7.91. The zero-order chi connectivity index (χ0) is 18.4. The van der Waals surface area contributed by atoms with Crippen LogP contribution in [0.15, 0.2) is 46.3 Å². The van der Waals surface area contributed by atoms with Gasteiger partial charge in [-0.05, 0) is 24.3 Å². The molecule has 0 atom stereocenters. The van der Waals surface area contributed by atoms with E-state index in [0.717, 1.165) is 16.7 Å². The molecule has 25 heavy (non-hydrogen) atoms. The monoisotopic (exact) mass is 372 g/mol. The van der Waals surface area contributed by atoms with E-state index in [0.29, 0.717) is 10.7 Å². The molecule has 3 heterocycles. The Hall–Kier alpha value is -2.69. The van der Waals surface area contributed by atoms with Crippen molar-refractivity contribution in [3.05, 3.63) is 52.7 Å². The van der Waals surface area contributed by atoms with E-state index in [1.807, 2.05) is 0 Å². The molecule has 0 aromatic carbocycles. The van der Waals surface area contributed by atoms with E-state index < -0.39 is 27.3 Å². The van der Waals surface area contributed by atoms with Crippen LogP contribution in [-0.4, -0.2) is 33.3 Å². The van der Waals surface area contributed by atoms with Gasteiger partial charge < -0.3 is 0 Å². The van der Waals surface area contributed by atoms with Crippen LogP contribution >= 0.6 is 0 Å². The van der Waals surface area contributed by atoms with Gasteiger partial charge in [0.1, 0.15) is 4.90 Å². The first-order valence-electron chi connectivity index (χ1n) is 7.02. The molecule has 0 radical (unpaired) electrons. The molecule has 132 valence electrons. The molecule has 0 saturated heterocycles. The molecule has 0 N–H and O–H groups in total. The van der Waals surface area contributed by atoms with Gasteiger partial charge in [-0.1, -0.05) is 6.92 Å². The summed E-state index contributed by atoms with van der Waals surface area (Å²) in [6, 6.07) is 4.09. The number of halogens is 3. The molecule has 0 amide bonds. The van der Waals surface area contributed by atoms with Gasteiger partial charge in [-0.2, -0.15) is 17.9 Å². The van der Waals surface area contributed by atoms with Crippen LogP contribution in [0.4, 0.5) is 13.2 Å². The molecule has 0 unspecified atom stereocenters. The van der Waals surface area contributed by atoms with Crippen LogP contribution in [0.1, 0.15) is 12.5 Å². The summed E-state index contributed by atoms with van der Waals surface area (Å²) in [6.07, 6.45) is -2.40. The maximum Gasteiger partial charge on any atom is 0.416 e. The molecular formula is C14H11F3N4O3S. The number of alkyl halides is 3. The van der Waals surface area contributed by atoms with E-state index in [9.17, 15) is 26.4 Å². The summed E-state index contributed by atoms with van der Waals surface area (Å²) in [4.78, 5) is 16.1. The van der Waals surface area contributed by atoms with Gasteiger partial charge in [0.2, 0.25) is 0 Å². The number of hydrogen-bond donors (Lipinski definition) is 0. The summed E-state index contributed by atoms with van der Waals surface area (Å²) < 4.78 is 64.3. The third-order valence-electron chi connectivity index (χ3n) is 3.52. The van der Waals surface area contributed by atoms with Gasteiger partial charge in [0.25, 0.3) is 0 Å². The Labute approximate surface area is 139 Å². The average molecular weight is 372 g/mol. The highest BCUT2D eigenvalue weighted by Crippen LogP contribution is 2.29. The first-order valence-corrected chi connectivity index (χ1v) is 8.67. The number of nitrogens with zero attached hydrogens (tertiary/aromatic N) is 4. The highest BCUT2D eigenvalue weighted by atomic mass is 32.2. The van der Waals surface area contributed by atoms with Gasteiger partial charge in [-0.15, -0.1) is 5.10 Å². The molecule has 0 aliphatic carbocycles. The standard InChI is InChI=1S/C14H11F3N4O3S/c1-2-25(23,24)10-4-3-6-18-12(10)21-13(22)20-7-5-9(14(15,16)17)8-11(20)19-21/h3-8H,2H2,1H3. The molecule has 0 fully saturated rings. The second kappa shape index (κ2) is 5.69. The van der Waals surface area contributed by atoms with Gasteiger partial charge in [0.15, 0.2) is 21.3 Å². The summed E-state index contributed by atoms with van der Waals surface area (Å²) in [5, 5.41) is 3.81. The fourth-order valence-corrected chi connectivity index (χ4v) is 3.24. The SMILES string of the molecule is CCS(=O)(=O)c1cccnc1-n1nc2cc(C(F)(F)F)ccn2c1=O. The highest BCUT2D eigenvalue weighted by Gasteiger charge is 2.31. The van der Waals surface area contributed by atoms with E-state index in [4.69, 9.17) is 0 Å². The fraction of sp³-hybridized carbons (Fsp3) is 0.214. The van der Waals surface area contributed by atoms with Gasteiger partial charge in [0.05, 0.1) is 11.3 Å². The summed E-state index contributed by atoms with van der Waals surface area (Å²) >= 11 is 0. The predicted octanol–water partition coefficient (Wildman–Crippen LogP) is 1.69. The number of rotatable bonds is 3. The third-order valence-corrected chi connectivity index (χ3v) is 5.27. The molecule has 0 spiro atoms. The van der Waals surface area contributed by atoms with Gasteiger partial charge in [-0.3, -0.25) is 0 Å². The number of hydrogen-bond acceptors (Lipinski definition) is 5. The minimum Gasteiger partial charge on any atom is -0.250 e. The van der Waals surface area contributed by atoms with Crippen LogP contribution in [0.25, 0.3) is 11.5 Å². The van der Waals surface area contributed by atoms with Gasteiger partial charge in [-0.25, -0.2) is 22.6 Å². The summed E-state index contributed by atoms with van der Waals surface area (Å²) in [6.45, 7) is 1.42. The average Bonchev–Trinajstić information content (AvgIpc) is 2.90. The van der Waals surface area contributed by atoms with E-state index >= 15 is 0 Å². The molecule has 11 heteroatoms. The molecule has 7 nitrogen and oxygen atoms in total. The molecule has 3 aromatic rings. The molecule has 0 aliphatic heterocycles. The van der Waals surface area contributed by atoms with Gasteiger partial charge in [0, 0.05) is 12.4 Å². The Morgan fingerprint density at radius 1 is 1.24 bits per heavy atom. The minimum absolute atomic E-state index is 0.223. The lowest BCUT2D eigenvalue weighted by atomic mass is 10.2. The Bertz CT molecular complexity index is 1120. The Balaban J connectivity index is 2.29. The van der Waals surface area contributed by atoms with Crippen molar-refractivity contribution in [1.82, 2.24) is 19.2 Å². The van der Waals surface area contributed by atoms with Crippen LogP contribution in [0, 0.1) is 0 Å². The molecule has 0 bridgehead atoms. The third kappa shape index (κ3) is 2.90. The van der Waals surface area contributed by atoms with E-state index in [-0.39, 0.29) is 22.1 Å². The van der Waals surface area contributed by atoms with Crippen LogP contribution in [0.2, 0.25) is 0 Å². The molecule has 0 saturated carbocycles. The zero-order valence-corrected chi connectivity index (χ0v) is 13.5. The van der Waals surface area contributed by atoms with Crippen LogP contribution in [0.3, 0.4) is 0 Å². The van der Waals surface area contributed by atoms with Crippen LogP contribution in [-0.2, 0) is 16.0 Å². The van der Waals surface area contributed by atoms with Crippen molar-refractivity contribution in [3.8, 4) is 5.82 Å². The molecule has 0 aliphatic rings. The first kappa shape index (κ1) is 17.1. The lowest BCUT2D eigenvalue weighted by Gasteiger charge is -2.06. The smallest absolute Gasteiger partial charge is 0.250 e. The number of sulfone groups is 1. The fourth-order valence-electron chi connectivity index (χ4n) is 2.23. The van der Waals surface area contributed by atoms with Crippen molar-refractivity contribution in [2.45, 2.75) is 18.0 Å². The van der Waals surface area contributed by atoms with Crippen molar-refractivity contribution in [3.63, 3.8) is 0 Å². The van der Waals surface area contributed by atoms with E-state index in [1.54, 1.807) is 0 Å². The van der Waals surface area contributed by atoms with E-state index in [2.05, 4.69) is 10.1 Å². The van der Waals surface area contributed by atoms with Gasteiger partial charge >= 0.3 is 11.9 Å². The normalized spacial score (nSPS) is 12.6. The molecular weight excluding hydrogens is 361 g/mol. The van der Waals surface area contributed by atoms with E-state index in [1.165, 1.54) is 25.3 Å². The summed E-state index contributed by atoms with van der Waals surface area (Å²) in [5.41, 5.74) is -2.07. The van der Waals surface area contributed by atoms with Crippen molar-refractivity contribution < 1.29 is 21.6 Å².